The molecule has 1 atom stereocenters. The number of imide groups is 1. The van der Waals surface area contributed by atoms with Crippen molar-refractivity contribution in [2.45, 2.75) is 142 Å². The molecule has 1 aliphatic heterocycles. The van der Waals surface area contributed by atoms with Crippen molar-refractivity contribution in [3.8, 4) is 0 Å². The second-order valence-corrected chi connectivity index (χ2v) is 8.94. The molecule has 0 saturated carbocycles. The summed E-state index contributed by atoms with van der Waals surface area (Å²) < 4.78 is 0. The minimum Gasteiger partial charge on any atom is -0.275 e. The number of likely N-dealkylation sites (tertiary alicyclic amines) is 1. The van der Waals surface area contributed by atoms with Crippen LogP contribution >= 0.6 is 0 Å². The first-order valence-corrected chi connectivity index (χ1v) is 12.6. The van der Waals surface area contributed by atoms with Crippen molar-refractivity contribution in [1.29, 1.82) is 0 Å². The van der Waals surface area contributed by atoms with Crippen LogP contribution in [-0.2, 0) is 9.59 Å². The molecule has 0 aromatic carbocycles. The second kappa shape index (κ2) is 16.7. The molecule has 29 heavy (non-hydrogen) atoms. The van der Waals surface area contributed by atoms with Crippen molar-refractivity contribution in [1.82, 2.24) is 4.90 Å². The van der Waals surface area contributed by atoms with Crippen molar-refractivity contribution < 1.29 is 9.59 Å². The number of amides is 2. The highest BCUT2D eigenvalue weighted by Gasteiger charge is 2.35. The summed E-state index contributed by atoms with van der Waals surface area (Å²) in [6, 6.07) is -0.00213. The highest BCUT2D eigenvalue weighted by Crippen LogP contribution is 2.25. The molecule has 168 valence electrons. The van der Waals surface area contributed by atoms with Gasteiger partial charge in [-0.25, -0.2) is 0 Å². The molecule has 0 bridgehead atoms. The summed E-state index contributed by atoms with van der Waals surface area (Å²) in [6.07, 6.45) is 23.2. The van der Waals surface area contributed by atoms with Gasteiger partial charge < -0.3 is 0 Å². The maximum atomic E-state index is 12.3. The van der Waals surface area contributed by atoms with Crippen LogP contribution in [0.15, 0.2) is 11.6 Å². The summed E-state index contributed by atoms with van der Waals surface area (Å²) in [5, 5.41) is 0. The van der Waals surface area contributed by atoms with Gasteiger partial charge in [0.2, 0.25) is 11.8 Å². The fourth-order valence-corrected chi connectivity index (χ4v) is 4.36. The average Bonchev–Trinajstić information content (AvgIpc) is 3.04. The van der Waals surface area contributed by atoms with E-state index in [1.54, 1.807) is 4.90 Å². The van der Waals surface area contributed by atoms with Crippen LogP contribution in [0.25, 0.3) is 0 Å². The monoisotopic (exact) mass is 405 g/mol. The standard InChI is InChI=1S/C26H47NO2/c1-4-6-8-10-12-13-14-16-18-20-24(27-25(28)21-22-26(27)29)23(3)19-17-15-11-9-7-5-2/h19,24H,4-18,20-22H2,1-3H3. The Balaban J connectivity index is 2.42. The van der Waals surface area contributed by atoms with E-state index in [-0.39, 0.29) is 17.9 Å². The SMILES string of the molecule is CCCCCCCC=C(C)C(CCCCCCCCCCC)N1C(=O)CCC1=O. The van der Waals surface area contributed by atoms with E-state index in [9.17, 15) is 9.59 Å². The Labute approximate surface area is 180 Å². The van der Waals surface area contributed by atoms with Gasteiger partial charge in [0.15, 0.2) is 0 Å². The molecule has 2 amide bonds. The van der Waals surface area contributed by atoms with Crippen molar-refractivity contribution in [3.05, 3.63) is 11.6 Å². The lowest BCUT2D eigenvalue weighted by Crippen LogP contribution is -2.40. The Morgan fingerprint density at radius 2 is 1.21 bits per heavy atom. The van der Waals surface area contributed by atoms with Crippen LogP contribution in [0.5, 0.6) is 0 Å². The molecule has 0 aromatic heterocycles. The zero-order valence-corrected chi connectivity index (χ0v) is 19.6. The average molecular weight is 406 g/mol. The van der Waals surface area contributed by atoms with Gasteiger partial charge in [-0.2, -0.15) is 0 Å². The molecule has 1 aliphatic rings. The number of nitrogens with zero attached hydrogens (tertiary/aromatic N) is 1. The first kappa shape index (κ1) is 25.9. The summed E-state index contributed by atoms with van der Waals surface area (Å²) in [5.74, 6) is 0.0678. The molecular formula is C26H47NO2. The quantitative estimate of drug-likeness (QED) is 0.133. The molecule has 1 rings (SSSR count). The van der Waals surface area contributed by atoms with Crippen molar-refractivity contribution >= 4 is 11.8 Å². The number of unbranched alkanes of at least 4 members (excludes halogenated alkanes) is 13. The van der Waals surface area contributed by atoms with Gasteiger partial charge in [-0.3, -0.25) is 14.5 Å². The zero-order chi connectivity index (χ0) is 21.3. The zero-order valence-electron chi connectivity index (χ0n) is 19.6. The van der Waals surface area contributed by atoms with Gasteiger partial charge in [-0.15, -0.1) is 0 Å². The van der Waals surface area contributed by atoms with Crippen LogP contribution in [0.3, 0.4) is 0 Å². The lowest BCUT2D eigenvalue weighted by Gasteiger charge is -2.27. The Hall–Kier alpha value is -1.12. The molecular weight excluding hydrogens is 358 g/mol. The topological polar surface area (TPSA) is 37.4 Å². The minimum atomic E-state index is -0.00213. The highest BCUT2D eigenvalue weighted by atomic mass is 16.2. The molecule has 1 fully saturated rings. The molecule has 1 saturated heterocycles. The predicted octanol–water partition coefficient (Wildman–Crippen LogP) is 7.73. The maximum Gasteiger partial charge on any atom is 0.230 e. The first-order valence-electron chi connectivity index (χ1n) is 12.6. The van der Waals surface area contributed by atoms with E-state index < -0.39 is 0 Å². The first-order chi connectivity index (χ1) is 14.1. The molecule has 0 N–H and O–H groups in total. The Kier molecular flexibility index (Phi) is 14.9. The third-order valence-corrected chi connectivity index (χ3v) is 6.28. The Morgan fingerprint density at radius 3 is 1.72 bits per heavy atom. The van der Waals surface area contributed by atoms with Crippen LogP contribution < -0.4 is 0 Å². The van der Waals surface area contributed by atoms with E-state index in [0.29, 0.717) is 12.8 Å². The van der Waals surface area contributed by atoms with Gasteiger partial charge in [-0.05, 0) is 26.2 Å². The van der Waals surface area contributed by atoms with E-state index in [0.717, 1.165) is 19.3 Å². The molecule has 1 heterocycles. The van der Waals surface area contributed by atoms with Crippen LogP contribution in [0.2, 0.25) is 0 Å². The van der Waals surface area contributed by atoms with Gasteiger partial charge in [0.05, 0.1) is 6.04 Å². The largest absolute Gasteiger partial charge is 0.275 e. The van der Waals surface area contributed by atoms with Crippen molar-refractivity contribution in [2.24, 2.45) is 0 Å². The summed E-state index contributed by atoms with van der Waals surface area (Å²) in [5.41, 5.74) is 1.23. The Morgan fingerprint density at radius 1 is 0.759 bits per heavy atom. The molecule has 1 unspecified atom stereocenters. The number of allylic oxidation sites excluding steroid dienone is 1. The summed E-state index contributed by atoms with van der Waals surface area (Å²) in [6.45, 7) is 6.63. The van der Waals surface area contributed by atoms with Gasteiger partial charge in [0.25, 0.3) is 0 Å². The summed E-state index contributed by atoms with van der Waals surface area (Å²) >= 11 is 0. The van der Waals surface area contributed by atoms with Gasteiger partial charge in [-0.1, -0.05) is 109 Å². The maximum absolute atomic E-state index is 12.3. The normalized spacial score (nSPS) is 16.1. The molecule has 0 radical (unpaired) electrons. The lowest BCUT2D eigenvalue weighted by molar-refractivity contribution is -0.140. The molecule has 3 nitrogen and oxygen atoms in total. The summed E-state index contributed by atoms with van der Waals surface area (Å²) in [4.78, 5) is 26.2. The number of hydrogen-bond acceptors (Lipinski definition) is 2. The van der Waals surface area contributed by atoms with Crippen LogP contribution in [0.1, 0.15) is 136 Å². The van der Waals surface area contributed by atoms with Gasteiger partial charge in [0, 0.05) is 12.8 Å². The Bertz CT molecular complexity index is 467. The smallest absolute Gasteiger partial charge is 0.230 e. The van der Waals surface area contributed by atoms with Crippen LogP contribution in [-0.4, -0.2) is 22.8 Å². The van der Waals surface area contributed by atoms with E-state index in [4.69, 9.17) is 0 Å². The number of rotatable bonds is 18. The second-order valence-electron chi connectivity index (χ2n) is 8.94. The van der Waals surface area contributed by atoms with Crippen LogP contribution in [0, 0.1) is 0 Å². The van der Waals surface area contributed by atoms with Crippen molar-refractivity contribution in [2.75, 3.05) is 0 Å². The fourth-order valence-electron chi connectivity index (χ4n) is 4.36. The molecule has 3 heteroatoms. The lowest BCUT2D eigenvalue weighted by atomic mass is 9.97. The summed E-state index contributed by atoms with van der Waals surface area (Å²) in [7, 11) is 0. The minimum absolute atomic E-state index is 0.00213. The van der Waals surface area contributed by atoms with E-state index in [2.05, 4.69) is 26.8 Å². The molecule has 0 aromatic rings. The van der Waals surface area contributed by atoms with Crippen LogP contribution in [0.4, 0.5) is 0 Å². The van der Waals surface area contributed by atoms with E-state index in [1.807, 2.05) is 0 Å². The third kappa shape index (κ3) is 11.0. The highest BCUT2D eigenvalue weighted by molar-refractivity contribution is 6.02. The van der Waals surface area contributed by atoms with E-state index >= 15 is 0 Å². The third-order valence-electron chi connectivity index (χ3n) is 6.28. The fraction of sp³-hybridized carbons (Fsp3) is 0.846. The van der Waals surface area contributed by atoms with Gasteiger partial charge >= 0.3 is 0 Å². The predicted molar refractivity (Wildman–Crippen MR) is 124 cm³/mol. The molecule has 0 aliphatic carbocycles. The number of hydrogen-bond donors (Lipinski definition) is 0. The van der Waals surface area contributed by atoms with Gasteiger partial charge in [0.1, 0.15) is 0 Å². The van der Waals surface area contributed by atoms with E-state index in [1.165, 1.54) is 89.0 Å². The number of carbonyl (C=O) groups excluding carboxylic acids is 2. The number of carbonyl (C=O) groups is 2. The van der Waals surface area contributed by atoms with Crippen molar-refractivity contribution in [3.63, 3.8) is 0 Å². The molecule has 0 spiro atoms.